The van der Waals surface area contributed by atoms with Crippen molar-refractivity contribution in [3.05, 3.63) is 24.3 Å². The molecule has 10 heteroatoms. The molecule has 2 unspecified atom stereocenters. The monoisotopic (exact) mass is 716 g/mol. The van der Waals surface area contributed by atoms with Crippen LogP contribution < -0.4 is 5.73 Å². The van der Waals surface area contributed by atoms with Gasteiger partial charge in [0, 0.05) is 19.4 Å². The number of phosphoric acid groups is 1. The lowest BCUT2D eigenvalue weighted by Crippen LogP contribution is -2.29. The minimum Gasteiger partial charge on any atom is -0.462 e. The topological polar surface area (TPSA) is 134 Å². The van der Waals surface area contributed by atoms with Gasteiger partial charge < -0.3 is 20.1 Å². The van der Waals surface area contributed by atoms with E-state index in [-0.39, 0.29) is 32.6 Å². The summed E-state index contributed by atoms with van der Waals surface area (Å²) in [6, 6.07) is 0. The number of ether oxygens (including phenoxy) is 2. The molecule has 9 nitrogen and oxygen atoms in total. The number of unbranched alkanes of at least 4 members (excludes halogenated alkanes) is 20. The molecule has 0 aromatic carbocycles. The Morgan fingerprint density at radius 3 is 1.49 bits per heavy atom. The van der Waals surface area contributed by atoms with Crippen LogP contribution in [-0.4, -0.2) is 49.3 Å². The molecule has 0 aliphatic carbocycles. The summed E-state index contributed by atoms with van der Waals surface area (Å²) in [4.78, 5) is 34.7. The SMILES string of the molecule is CCCCC/C=C\CCCCCCCC(=O)OCC(COP(=O)(O)OCCN)OC(=O)CCCCCCC/C=C\CCCCCCCCC. The molecule has 0 fully saturated rings. The van der Waals surface area contributed by atoms with Crippen LogP contribution in [0.25, 0.3) is 0 Å². The van der Waals surface area contributed by atoms with Crippen molar-refractivity contribution in [1.29, 1.82) is 0 Å². The zero-order valence-corrected chi connectivity index (χ0v) is 32.3. The van der Waals surface area contributed by atoms with Gasteiger partial charge >= 0.3 is 19.8 Å². The van der Waals surface area contributed by atoms with Gasteiger partial charge in [-0.3, -0.25) is 18.6 Å². The van der Waals surface area contributed by atoms with E-state index in [1.54, 1.807) is 0 Å². The van der Waals surface area contributed by atoms with Gasteiger partial charge in [-0.05, 0) is 64.2 Å². The van der Waals surface area contributed by atoms with E-state index in [1.165, 1.54) is 77.0 Å². The Hall–Kier alpha value is -1.51. The number of hydrogen-bond acceptors (Lipinski definition) is 8. The van der Waals surface area contributed by atoms with Crippen LogP contribution in [-0.2, 0) is 32.7 Å². The predicted molar refractivity (Wildman–Crippen MR) is 201 cm³/mol. The number of rotatable bonds is 37. The molecule has 288 valence electrons. The highest BCUT2D eigenvalue weighted by molar-refractivity contribution is 7.47. The largest absolute Gasteiger partial charge is 0.472 e. The Morgan fingerprint density at radius 1 is 0.592 bits per heavy atom. The number of carbonyl (C=O) groups is 2. The first-order valence-corrected chi connectivity index (χ1v) is 21.3. The van der Waals surface area contributed by atoms with Crippen LogP contribution in [0.3, 0.4) is 0 Å². The number of phosphoric ester groups is 1. The number of hydrogen-bond donors (Lipinski definition) is 2. The van der Waals surface area contributed by atoms with E-state index >= 15 is 0 Å². The Balaban J connectivity index is 4.22. The quantitative estimate of drug-likeness (QED) is 0.0279. The van der Waals surface area contributed by atoms with E-state index in [4.69, 9.17) is 24.3 Å². The summed E-state index contributed by atoms with van der Waals surface area (Å²) < 4.78 is 32.6. The average molecular weight is 716 g/mol. The molecule has 0 radical (unpaired) electrons. The van der Waals surface area contributed by atoms with Gasteiger partial charge in [-0.25, -0.2) is 4.57 Å². The maximum Gasteiger partial charge on any atom is 0.472 e. The normalized spacial score (nSPS) is 13.6. The maximum atomic E-state index is 12.5. The molecule has 0 aromatic rings. The third kappa shape index (κ3) is 36.1. The molecule has 0 spiro atoms. The Bertz CT molecular complexity index is 866. The first-order valence-electron chi connectivity index (χ1n) is 19.8. The summed E-state index contributed by atoms with van der Waals surface area (Å²) in [7, 11) is -4.37. The average Bonchev–Trinajstić information content (AvgIpc) is 3.08. The van der Waals surface area contributed by atoms with Gasteiger partial charge in [0.15, 0.2) is 6.10 Å². The van der Waals surface area contributed by atoms with E-state index in [2.05, 4.69) is 38.2 Å². The maximum absolute atomic E-state index is 12.5. The minimum atomic E-state index is -4.37. The van der Waals surface area contributed by atoms with Gasteiger partial charge in [0.05, 0.1) is 13.2 Å². The van der Waals surface area contributed by atoms with E-state index in [0.29, 0.717) is 6.42 Å². The highest BCUT2D eigenvalue weighted by atomic mass is 31.2. The lowest BCUT2D eigenvalue weighted by molar-refractivity contribution is -0.161. The first kappa shape index (κ1) is 47.5. The molecule has 2 atom stereocenters. The zero-order valence-electron chi connectivity index (χ0n) is 31.4. The summed E-state index contributed by atoms with van der Waals surface area (Å²) in [6.07, 6.45) is 36.3. The lowest BCUT2D eigenvalue weighted by atomic mass is 10.1. The predicted octanol–water partition coefficient (Wildman–Crippen LogP) is 10.8. The van der Waals surface area contributed by atoms with Gasteiger partial charge in [0.2, 0.25) is 0 Å². The van der Waals surface area contributed by atoms with Crippen LogP contribution in [0.5, 0.6) is 0 Å². The molecular weight excluding hydrogens is 641 g/mol. The summed E-state index contributed by atoms with van der Waals surface area (Å²) in [5, 5.41) is 0. The second-order valence-corrected chi connectivity index (χ2v) is 14.6. The van der Waals surface area contributed by atoms with Crippen molar-refractivity contribution in [2.24, 2.45) is 5.73 Å². The smallest absolute Gasteiger partial charge is 0.462 e. The van der Waals surface area contributed by atoms with Crippen molar-refractivity contribution in [2.45, 2.75) is 187 Å². The van der Waals surface area contributed by atoms with E-state index in [0.717, 1.165) is 70.6 Å². The highest BCUT2D eigenvalue weighted by Gasteiger charge is 2.25. The molecule has 0 aliphatic rings. The number of allylic oxidation sites excluding steroid dienone is 4. The molecule has 0 saturated heterocycles. The number of carbonyl (C=O) groups excluding carboxylic acids is 2. The number of nitrogens with two attached hydrogens (primary N) is 1. The molecule has 0 saturated carbocycles. The standard InChI is InChI=1S/C39H74NO8P/c1-3-5-7-9-11-13-15-17-18-19-20-22-24-26-28-30-32-39(42)48-37(36-47-49(43,44)46-34-33-40)35-45-38(41)31-29-27-25-23-21-16-14-12-10-8-6-4-2/h12,14,18-19,37H,3-11,13,15-17,20-36,40H2,1-2H3,(H,43,44)/b14-12-,19-18-. The molecule has 0 aliphatic heterocycles. The Kier molecular flexibility index (Phi) is 35.2. The summed E-state index contributed by atoms with van der Waals surface area (Å²) >= 11 is 0. The van der Waals surface area contributed by atoms with E-state index in [9.17, 15) is 19.0 Å². The van der Waals surface area contributed by atoms with Crippen molar-refractivity contribution in [3.63, 3.8) is 0 Å². The number of esters is 2. The van der Waals surface area contributed by atoms with Crippen molar-refractivity contribution in [1.82, 2.24) is 0 Å². The molecule has 3 N–H and O–H groups in total. The second kappa shape index (κ2) is 36.3. The van der Waals surface area contributed by atoms with Gasteiger partial charge in [-0.2, -0.15) is 0 Å². The highest BCUT2D eigenvalue weighted by Crippen LogP contribution is 2.43. The van der Waals surface area contributed by atoms with Crippen LogP contribution in [0.2, 0.25) is 0 Å². The fraction of sp³-hybridized carbons (Fsp3) is 0.846. The van der Waals surface area contributed by atoms with Gasteiger partial charge in [0.25, 0.3) is 0 Å². The van der Waals surface area contributed by atoms with Gasteiger partial charge in [0.1, 0.15) is 6.61 Å². The lowest BCUT2D eigenvalue weighted by Gasteiger charge is -2.19. The molecule has 0 aromatic heterocycles. The summed E-state index contributed by atoms with van der Waals surface area (Å²) in [5.41, 5.74) is 5.33. The van der Waals surface area contributed by atoms with E-state index < -0.39 is 32.5 Å². The van der Waals surface area contributed by atoms with Gasteiger partial charge in [-0.1, -0.05) is 128 Å². The molecule has 0 amide bonds. The van der Waals surface area contributed by atoms with Crippen LogP contribution in [0.1, 0.15) is 181 Å². The van der Waals surface area contributed by atoms with Crippen LogP contribution in [0.4, 0.5) is 0 Å². The molecule has 0 heterocycles. The third-order valence-corrected chi connectivity index (χ3v) is 9.29. The van der Waals surface area contributed by atoms with Crippen LogP contribution in [0.15, 0.2) is 24.3 Å². The van der Waals surface area contributed by atoms with Crippen molar-refractivity contribution in [3.8, 4) is 0 Å². The fourth-order valence-electron chi connectivity index (χ4n) is 5.33. The molecule has 0 bridgehead atoms. The molecular formula is C39H74NO8P. The summed E-state index contributed by atoms with van der Waals surface area (Å²) in [6.45, 7) is 3.68. The van der Waals surface area contributed by atoms with Crippen molar-refractivity contribution < 1.29 is 37.6 Å². The summed E-state index contributed by atoms with van der Waals surface area (Å²) in [5.74, 6) is -0.848. The second-order valence-electron chi connectivity index (χ2n) is 13.1. The minimum absolute atomic E-state index is 0.0517. The van der Waals surface area contributed by atoms with Crippen LogP contribution in [0, 0.1) is 0 Å². The zero-order chi connectivity index (χ0) is 36.1. The molecule has 0 rings (SSSR count). The molecule has 49 heavy (non-hydrogen) atoms. The van der Waals surface area contributed by atoms with Gasteiger partial charge in [-0.15, -0.1) is 0 Å². The van der Waals surface area contributed by atoms with Crippen LogP contribution >= 0.6 is 7.82 Å². The van der Waals surface area contributed by atoms with Crippen molar-refractivity contribution in [2.75, 3.05) is 26.4 Å². The Labute approximate surface area is 300 Å². The van der Waals surface area contributed by atoms with Crippen molar-refractivity contribution >= 4 is 19.8 Å². The third-order valence-electron chi connectivity index (χ3n) is 8.31. The Morgan fingerprint density at radius 2 is 1.00 bits per heavy atom. The van der Waals surface area contributed by atoms with E-state index in [1.807, 2.05) is 0 Å². The first-order chi connectivity index (χ1) is 23.8. The fourth-order valence-corrected chi connectivity index (χ4v) is 6.09.